The molecule has 0 bridgehead atoms. The Bertz CT molecular complexity index is 1350. The van der Waals surface area contributed by atoms with Crippen LogP contribution in [0.3, 0.4) is 0 Å². The number of nitrogen functional groups attached to an aromatic ring is 1. The molecule has 0 fully saturated rings. The molecule has 4 aromatic rings. The molecular weight excluding hydrogens is 366 g/mol. The van der Waals surface area contributed by atoms with Gasteiger partial charge in [-0.15, -0.1) is 0 Å². The van der Waals surface area contributed by atoms with Gasteiger partial charge < -0.3 is 25.7 Å². The van der Waals surface area contributed by atoms with Crippen molar-refractivity contribution >= 4 is 34.1 Å². The lowest BCUT2D eigenvalue weighted by Crippen LogP contribution is -2.19. The van der Waals surface area contributed by atoms with Crippen LogP contribution < -0.4 is 21.1 Å². The van der Waals surface area contributed by atoms with Crippen LogP contribution >= 0.6 is 0 Å². The van der Waals surface area contributed by atoms with Gasteiger partial charge in [0.2, 0.25) is 0 Å². The summed E-state index contributed by atoms with van der Waals surface area (Å²) in [5, 5.41) is 6.01. The maximum Gasteiger partial charge on any atom is 0.323 e. The molecule has 0 spiro atoms. The summed E-state index contributed by atoms with van der Waals surface area (Å²) in [5.41, 5.74) is 7.44. The van der Waals surface area contributed by atoms with Crippen LogP contribution in [0.4, 0.5) is 22.0 Å². The first-order valence-electron chi connectivity index (χ1n) is 11.2. The van der Waals surface area contributed by atoms with Crippen molar-refractivity contribution in [2.45, 2.75) is 6.50 Å². The minimum absolute atomic E-state index is 0.0935. The van der Waals surface area contributed by atoms with Crippen LogP contribution in [-0.2, 0) is 6.50 Å². The lowest BCUT2D eigenvalue weighted by molar-refractivity contribution is 0.262. The minimum Gasteiger partial charge on any atom is -0.497 e. The minimum atomic E-state index is -2.60. The second-order valence-electron chi connectivity index (χ2n) is 6.21. The Balaban J connectivity index is 1.57. The number of nitrogens with zero attached hydrogens (tertiary/aromatic N) is 2. The zero-order valence-corrected chi connectivity index (χ0v) is 15.2. The number of pyridine rings is 1. The molecule has 0 aliphatic rings. The first kappa shape index (κ1) is 13.2. The summed E-state index contributed by atoms with van der Waals surface area (Å²) in [7, 11) is -2.60. The van der Waals surface area contributed by atoms with Gasteiger partial charge in [-0.1, -0.05) is 12.1 Å². The number of anilines is 3. The number of nitrogens with two attached hydrogens (primary N) is 1. The average Bonchev–Trinajstić information content (AvgIpc) is 3.19. The number of rotatable bonds is 5. The monoisotopic (exact) mass is 392 g/mol. The number of methoxy groups -OCH3 is 1. The van der Waals surface area contributed by atoms with Gasteiger partial charge in [0.05, 0.1) is 25.1 Å². The Morgan fingerprint density at radius 3 is 2.97 bits per heavy atom. The standard InChI is InChI=1S/C22H21N5O2/c1-29-17-5-2-4-16(13-17)25-22(28)26-19-6-3-7-20-18(19)9-11-27(20)14-15-8-10-24-21(23)12-15/h2-13H,14H2,1H3,(H2,23,24)(H2,25,26,28)/i1D3,14D2. The van der Waals surface area contributed by atoms with Crippen LogP contribution in [0.2, 0.25) is 0 Å². The number of ether oxygens (including phenoxy) is 1. The van der Waals surface area contributed by atoms with Gasteiger partial charge in [0, 0.05) is 36.0 Å². The van der Waals surface area contributed by atoms with Gasteiger partial charge >= 0.3 is 6.03 Å². The normalized spacial score (nSPS) is 14.1. The van der Waals surface area contributed by atoms with Crippen molar-refractivity contribution in [3.05, 3.63) is 78.6 Å². The molecule has 0 unspecified atom stereocenters. The lowest BCUT2D eigenvalue weighted by Gasteiger charge is -2.11. The number of fused-ring (bicyclic) bond motifs is 1. The fourth-order valence-corrected chi connectivity index (χ4v) is 2.95. The molecule has 0 saturated carbocycles. The van der Waals surface area contributed by atoms with Crippen LogP contribution in [0.15, 0.2) is 73.1 Å². The van der Waals surface area contributed by atoms with Crippen molar-refractivity contribution in [3.63, 3.8) is 0 Å². The van der Waals surface area contributed by atoms with Crippen LogP contribution in [0, 0.1) is 0 Å². The lowest BCUT2D eigenvalue weighted by atomic mass is 10.2. The van der Waals surface area contributed by atoms with Gasteiger partial charge in [0.1, 0.15) is 11.6 Å². The van der Waals surface area contributed by atoms with Crippen LogP contribution in [0.5, 0.6) is 5.75 Å². The molecule has 146 valence electrons. The fourth-order valence-electron chi connectivity index (χ4n) is 2.95. The molecule has 2 amide bonds. The van der Waals surface area contributed by atoms with Crippen molar-refractivity contribution in [2.75, 3.05) is 23.4 Å². The zero-order valence-electron chi connectivity index (χ0n) is 20.2. The number of aromatic nitrogens is 2. The number of benzene rings is 2. The molecule has 2 heterocycles. The summed E-state index contributed by atoms with van der Waals surface area (Å²) in [5.74, 6) is 0.307. The summed E-state index contributed by atoms with van der Waals surface area (Å²) in [4.78, 5) is 16.5. The van der Waals surface area contributed by atoms with Gasteiger partial charge in [-0.3, -0.25) is 0 Å². The van der Waals surface area contributed by atoms with Crippen LogP contribution in [0.25, 0.3) is 10.9 Å². The second-order valence-corrected chi connectivity index (χ2v) is 6.21. The van der Waals surface area contributed by atoms with E-state index >= 15 is 0 Å². The topological polar surface area (TPSA) is 94.2 Å². The largest absolute Gasteiger partial charge is 0.497 e. The molecule has 2 aromatic heterocycles. The van der Waals surface area contributed by atoms with Crippen molar-refractivity contribution in [3.8, 4) is 5.75 Å². The van der Waals surface area contributed by atoms with Gasteiger partial charge in [-0.25, -0.2) is 9.78 Å². The van der Waals surface area contributed by atoms with Gasteiger partial charge in [-0.05, 0) is 48.0 Å². The fraction of sp³-hybridized carbons (Fsp3) is 0.0909. The van der Waals surface area contributed by atoms with E-state index in [1.165, 1.54) is 29.0 Å². The summed E-state index contributed by atoms with van der Waals surface area (Å²) >= 11 is 0. The van der Waals surface area contributed by atoms with E-state index in [2.05, 4.69) is 15.6 Å². The van der Waals surface area contributed by atoms with Crippen molar-refractivity contribution in [2.24, 2.45) is 0 Å². The zero-order chi connectivity index (χ0) is 24.5. The van der Waals surface area contributed by atoms with Crippen molar-refractivity contribution in [1.82, 2.24) is 9.55 Å². The Morgan fingerprint density at radius 2 is 2.10 bits per heavy atom. The highest BCUT2D eigenvalue weighted by Gasteiger charge is 2.10. The Morgan fingerprint density at radius 1 is 1.21 bits per heavy atom. The van der Waals surface area contributed by atoms with E-state index in [9.17, 15) is 4.79 Å². The maximum absolute atomic E-state index is 12.6. The first-order valence-corrected chi connectivity index (χ1v) is 8.73. The third kappa shape index (κ3) is 4.14. The van der Waals surface area contributed by atoms with E-state index in [4.69, 9.17) is 17.3 Å². The molecule has 0 aliphatic carbocycles. The highest BCUT2D eigenvalue weighted by atomic mass is 16.5. The van der Waals surface area contributed by atoms with Crippen molar-refractivity contribution < 1.29 is 16.4 Å². The number of amides is 2. The molecule has 4 rings (SSSR count). The molecular formula is C22H21N5O2. The highest BCUT2D eigenvalue weighted by molar-refractivity contribution is 6.05. The van der Waals surface area contributed by atoms with Crippen LogP contribution in [-0.4, -0.2) is 22.6 Å². The molecule has 0 aliphatic heterocycles. The number of nitrogens with one attached hydrogen (secondary N) is 2. The highest BCUT2D eigenvalue weighted by Crippen LogP contribution is 2.26. The maximum atomic E-state index is 12.6. The smallest absolute Gasteiger partial charge is 0.323 e. The quantitative estimate of drug-likeness (QED) is 0.471. The average molecular weight is 392 g/mol. The number of carbonyl (C=O) groups excluding carboxylic acids is 1. The number of urea groups is 1. The predicted octanol–water partition coefficient (Wildman–Crippen LogP) is 4.32. The van der Waals surface area contributed by atoms with Gasteiger partial charge in [0.15, 0.2) is 0 Å². The van der Waals surface area contributed by atoms with E-state index < -0.39 is 19.6 Å². The molecule has 2 aromatic carbocycles. The summed E-state index contributed by atoms with van der Waals surface area (Å²) in [6.07, 6.45) is 3.05. The molecule has 0 radical (unpaired) electrons. The Hall–Kier alpha value is -4.00. The van der Waals surface area contributed by atoms with Crippen molar-refractivity contribution in [1.29, 1.82) is 0 Å². The number of hydrogen-bond donors (Lipinski definition) is 3. The third-order valence-electron chi connectivity index (χ3n) is 4.22. The molecule has 7 nitrogen and oxygen atoms in total. The Kier molecular flexibility index (Phi) is 3.62. The molecule has 7 heteroatoms. The van der Waals surface area contributed by atoms with Gasteiger partial charge in [-0.2, -0.15) is 0 Å². The SMILES string of the molecule is [2H]C([2H])([2H])Oc1cccc(NC(=O)Nc2cccc3c2ccn3C([2H])([2H])c2ccnc(N)c2)c1. The Labute approximate surface area is 175 Å². The second kappa shape index (κ2) is 7.93. The predicted molar refractivity (Wildman–Crippen MR) is 115 cm³/mol. The molecule has 0 atom stereocenters. The molecule has 4 N–H and O–H groups in total. The number of carbonyl (C=O) groups is 1. The summed E-state index contributed by atoms with van der Waals surface area (Å²) < 4.78 is 45.2. The first-order chi connectivity index (χ1) is 16.0. The molecule has 29 heavy (non-hydrogen) atoms. The summed E-state index contributed by atoms with van der Waals surface area (Å²) in [6, 6.07) is 15.4. The molecule has 0 saturated heterocycles. The van der Waals surface area contributed by atoms with E-state index in [-0.39, 0.29) is 11.6 Å². The number of hydrogen-bond acceptors (Lipinski definition) is 4. The third-order valence-corrected chi connectivity index (χ3v) is 4.22. The van der Waals surface area contributed by atoms with E-state index in [0.717, 1.165) is 0 Å². The van der Waals surface area contributed by atoms with Crippen LogP contribution in [0.1, 0.15) is 12.4 Å². The van der Waals surface area contributed by atoms with E-state index in [0.29, 0.717) is 27.8 Å². The van der Waals surface area contributed by atoms with E-state index in [1.807, 2.05) is 0 Å². The van der Waals surface area contributed by atoms with Gasteiger partial charge in [0.25, 0.3) is 0 Å². The summed E-state index contributed by atoms with van der Waals surface area (Å²) in [6.45, 7) is -1.91. The van der Waals surface area contributed by atoms with E-state index in [1.54, 1.807) is 48.7 Å².